The van der Waals surface area contributed by atoms with Crippen molar-refractivity contribution in [3.8, 4) is 0 Å². The lowest BCUT2D eigenvalue weighted by atomic mass is 10.1. The number of aromatic nitrogens is 2. The predicted molar refractivity (Wildman–Crippen MR) is 91.5 cm³/mol. The van der Waals surface area contributed by atoms with Crippen molar-refractivity contribution in [2.45, 2.75) is 19.9 Å². The Morgan fingerprint density at radius 2 is 1.62 bits per heavy atom. The highest BCUT2D eigenvalue weighted by molar-refractivity contribution is 6.09. The van der Waals surface area contributed by atoms with Gasteiger partial charge in [-0.3, -0.25) is 9.59 Å². The zero-order valence-corrected chi connectivity index (χ0v) is 14.6. The van der Waals surface area contributed by atoms with E-state index in [1.807, 2.05) is 0 Å². The minimum Gasteiger partial charge on any atom is -0.464 e. The monoisotopic (exact) mass is 361 g/mol. The van der Waals surface area contributed by atoms with Crippen LogP contribution in [0.3, 0.4) is 0 Å². The first-order chi connectivity index (χ1) is 12.4. The zero-order chi connectivity index (χ0) is 19.3. The summed E-state index contributed by atoms with van der Waals surface area (Å²) < 4.78 is 10.6. The van der Waals surface area contributed by atoms with Crippen molar-refractivity contribution < 1.29 is 23.9 Å². The number of nitrogens with one attached hydrogen (secondary N) is 1. The van der Waals surface area contributed by atoms with Crippen LogP contribution in [0.25, 0.3) is 10.8 Å². The quantitative estimate of drug-likeness (QED) is 0.575. The van der Waals surface area contributed by atoms with Gasteiger partial charge in [0.1, 0.15) is 0 Å². The number of carbonyl (C=O) groups is 3. The highest BCUT2D eigenvalue weighted by atomic mass is 16.6. The first kappa shape index (κ1) is 19.1. The second-order valence-electron chi connectivity index (χ2n) is 5.23. The number of carbonyl (C=O) groups excluding carboxylic acids is 3. The number of esters is 2. The second kappa shape index (κ2) is 8.24. The largest absolute Gasteiger partial charge is 0.464 e. The molecule has 26 heavy (non-hydrogen) atoms. The number of nitrogens with zero attached hydrogens (tertiary/aromatic N) is 2. The zero-order valence-electron chi connectivity index (χ0n) is 14.6. The maximum atomic E-state index is 12.6. The SMILES string of the molecule is CCOC(=O)C(NC(=O)c1nn(C)c(=O)c2ccccc12)C(=O)OCC. The Labute approximate surface area is 148 Å². The Bertz CT molecular complexity index is 887. The van der Waals surface area contributed by atoms with E-state index in [-0.39, 0.29) is 24.5 Å². The van der Waals surface area contributed by atoms with Gasteiger partial charge in [0.25, 0.3) is 11.5 Å². The fourth-order valence-corrected chi connectivity index (χ4v) is 2.33. The van der Waals surface area contributed by atoms with Gasteiger partial charge in [0.05, 0.1) is 18.6 Å². The lowest BCUT2D eigenvalue weighted by molar-refractivity contribution is -0.157. The van der Waals surface area contributed by atoms with Crippen LogP contribution in [0.5, 0.6) is 0 Å². The Morgan fingerprint density at radius 3 is 2.15 bits per heavy atom. The lowest BCUT2D eigenvalue weighted by Gasteiger charge is -2.16. The minimum atomic E-state index is -1.62. The van der Waals surface area contributed by atoms with Gasteiger partial charge in [-0.25, -0.2) is 14.3 Å². The van der Waals surface area contributed by atoms with E-state index >= 15 is 0 Å². The fourth-order valence-electron chi connectivity index (χ4n) is 2.33. The van der Waals surface area contributed by atoms with E-state index < -0.39 is 23.9 Å². The fraction of sp³-hybridized carbons (Fsp3) is 0.353. The number of benzene rings is 1. The number of rotatable bonds is 6. The molecule has 2 aromatic rings. The summed E-state index contributed by atoms with van der Waals surface area (Å²) in [5, 5.41) is 6.82. The number of amides is 1. The van der Waals surface area contributed by atoms with Crippen molar-refractivity contribution in [1.82, 2.24) is 15.1 Å². The van der Waals surface area contributed by atoms with E-state index in [0.29, 0.717) is 10.8 Å². The number of aryl methyl sites for hydroxylation is 1. The molecule has 1 aromatic heterocycles. The molecule has 1 aromatic carbocycles. The molecule has 0 fully saturated rings. The molecular weight excluding hydrogens is 342 g/mol. The van der Waals surface area contributed by atoms with Crippen LogP contribution in [-0.4, -0.2) is 46.9 Å². The number of hydrogen-bond acceptors (Lipinski definition) is 7. The molecule has 0 aliphatic heterocycles. The van der Waals surface area contributed by atoms with Crippen molar-refractivity contribution in [3.63, 3.8) is 0 Å². The first-order valence-electron chi connectivity index (χ1n) is 8.00. The molecule has 0 bridgehead atoms. The summed E-state index contributed by atoms with van der Waals surface area (Å²) in [4.78, 5) is 48.8. The van der Waals surface area contributed by atoms with Crippen LogP contribution in [0.2, 0.25) is 0 Å². The van der Waals surface area contributed by atoms with Gasteiger partial charge in [0, 0.05) is 12.4 Å². The van der Waals surface area contributed by atoms with Crippen LogP contribution < -0.4 is 10.9 Å². The van der Waals surface area contributed by atoms with Gasteiger partial charge >= 0.3 is 11.9 Å². The Kier molecular flexibility index (Phi) is 6.05. The van der Waals surface area contributed by atoms with E-state index in [9.17, 15) is 19.2 Å². The average Bonchev–Trinajstić information content (AvgIpc) is 2.62. The smallest absolute Gasteiger partial charge is 0.340 e. The van der Waals surface area contributed by atoms with E-state index in [1.165, 1.54) is 7.05 Å². The molecule has 1 heterocycles. The van der Waals surface area contributed by atoms with Gasteiger partial charge in [0.2, 0.25) is 6.04 Å². The van der Waals surface area contributed by atoms with Crippen LogP contribution in [0.1, 0.15) is 24.3 Å². The van der Waals surface area contributed by atoms with Gasteiger partial charge < -0.3 is 14.8 Å². The van der Waals surface area contributed by atoms with Gasteiger partial charge in [-0.05, 0) is 19.9 Å². The number of fused-ring (bicyclic) bond motifs is 1. The molecule has 0 aliphatic rings. The summed E-state index contributed by atoms with van der Waals surface area (Å²) in [5.74, 6) is -2.68. The summed E-state index contributed by atoms with van der Waals surface area (Å²) in [5.41, 5.74) is -0.467. The summed E-state index contributed by atoms with van der Waals surface area (Å²) >= 11 is 0. The van der Waals surface area contributed by atoms with Crippen molar-refractivity contribution in [1.29, 1.82) is 0 Å². The Hall–Kier alpha value is -3.23. The first-order valence-corrected chi connectivity index (χ1v) is 8.00. The molecule has 0 unspecified atom stereocenters. The van der Waals surface area contributed by atoms with E-state index in [4.69, 9.17) is 9.47 Å². The molecule has 0 spiro atoms. The van der Waals surface area contributed by atoms with Crippen molar-refractivity contribution >= 4 is 28.6 Å². The molecule has 0 saturated carbocycles. The molecule has 9 nitrogen and oxygen atoms in total. The number of ether oxygens (including phenoxy) is 2. The van der Waals surface area contributed by atoms with E-state index in [1.54, 1.807) is 38.1 Å². The maximum Gasteiger partial charge on any atom is 0.340 e. The van der Waals surface area contributed by atoms with Crippen LogP contribution in [-0.2, 0) is 26.1 Å². The van der Waals surface area contributed by atoms with Gasteiger partial charge in [-0.2, -0.15) is 5.10 Å². The molecule has 2 rings (SSSR count). The lowest BCUT2D eigenvalue weighted by Crippen LogP contribution is -2.48. The molecule has 1 N–H and O–H groups in total. The second-order valence-corrected chi connectivity index (χ2v) is 5.23. The van der Waals surface area contributed by atoms with Crippen LogP contribution >= 0.6 is 0 Å². The standard InChI is InChI=1S/C17H19N3O6/c1-4-25-16(23)13(17(24)26-5-2)18-14(21)12-10-8-6-7-9-11(10)15(22)20(3)19-12/h6-9,13H,4-5H2,1-3H3,(H,18,21). The Morgan fingerprint density at radius 1 is 1.08 bits per heavy atom. The maximum absolute atomic E-state index is 12.6. The molecule has 0 aliphatic carbocycles. The van der Waals surface area contributed by atoms with Crippen LogP contribution in [0, 0.1) is 0 Å². The highest BCUT2D eigenvalue weighted by Crippen LogP contribution is 2.13. The normalized spacial score (nSPS) is 10.6. The summed E-state index contributed by atoms with van der Waals surface area (Å²) in [6, 6.07) is 4.80. The minimum absolute atomic E-state index is 0.0334. The third-order valence-electron chi connectivity index (χ3n) is 3.49. The van der Waals surface area contributed by atoms with E-state index in [2.05, 4.69) is 10.4 Å². The van der Waals surface area contributed by atoms with Crippen LogP contribution in [0.4, 0.5) is 0 Å². The molecule has 138 valence electrons. The predicted octanol–water partition coefficient (Wildman–Crippen LogP) is 0.158. The van der Waals surface area contributed by atoms with Gasteiger partial charge in [-0.15, -0.1) is 0 Å². The summed E-state index contributed by atoms with van der Waals surface area (Å²) in [6.07, 6.45) is 0. The van der Waals surface area contributed by atoms with Crippen molar-refractivity contribution in [3.05, 3.63) is 40.3 Å². The molecule has 0 radical (unpaired) electrons. The summed E-state index contributed by atoms with van der Waals surface area (Å²) in [6.45, 7) is 3.21. The van der Waals surface area contributed by atoms with E-state index in [0.717, 1.165) is 4.68 Å². The third-order valence-corrected chi connectivity index (χ3v) is 3.49. The molecule has 1 amide bonds. The molecular formula is C17H19N3O6. The van der Waals surface area contributed by atoms with Crippen molar-refractivity contribution in [2.24, 2.45) is 7.05 Å². The van der Waals surface area contributed by atoms with Crippen LogP contribution in [0.15, 0.2) is 29.1 Å². The third kappa shape index (κ3) is 3.88. The van der Waals surface area contributed by atoms with Gasteiger partial charge in [0.15, 0.2) is 5.69 Å². The molecule has 9 heteroatoms. The Balaban J connectivity index is 2.42. The average molecular weight is 361 g/mol. The summed E-state index contributed by atoms with van der Waals surface area (Å²) in [7, 11) is 1.40. The van der Waals surface area contributed by atoms with Gasteiger partial charge in [-0.1, -0.05) is 18.2 Å². The number of hydrogen-bond donors (Lipinski definition) is 1. The highest BCUT2D eigenvalue weighted by Gasteiger charge is 2.32. The van der Waals surface area contributed by atoms with Crippen molar-refractivity contribution in [2.75, 3.05) is 13.2 Å². The topological polar surface area (TPSA) is 117 Å². The molecule has 0 saturated heterocycles. The molecule has 0 atom stereocenters.